The van der Waals surface area contributed by atoms with Gasteiger partial charge in [0.2, 0.25) is 0 Å². The average Bonchev–Trinajstić information content (AvgIpc) is 3.52. The second kappa shape index (κ2) is 13.5. The first kappa shape index (κ1) is 34.0. The largest absolute Gasteiger partial charge is 0.476 e. The van der Waals surface area contributed by atoms with Gasteiger partial charge in [0.15, 0.2) is 10.8 Å². The van der Waals surface area contributed by atoms with Crippen molar-refractivity contribution in [2.45, 2.75) is 71.4 Å². The Labute approximate surface area is 307 Å². The maximum absolute atomic E-state index is 13.9. The van der Waals surface area contributed by atoms with Crippen molar-refractivity contribution in [2.75, 3.05) is 16.8 Å². The zero-order chi connectivity index (χ0) is 36.1. The molecule has 2 amide bonds. The molecule has 2 bridgehead atoms. The van der Waals surface area contributed by atoms with E-state index >= 15 is 0 Å². The van der Waals surface area contributed by atoms with Crippen LogP contribution in [0.25, 0.3) is 21.3 Å². The molecule has 1 aliphatic heterocycles. The highest BCUT2D eigenvalue weighted by Crippen LogP contribution is 2.47. The molecule has 0 saturated heterocycles. The van der Waals surface area contributed by atoms with Crippen molar-refractivity contribution in [2.24, 2.45) is 17.8 Å². The van der Waals surface area contributed by atoms with Crippen molar-refractivity contribution in [1.29, 1.82) is 0 Å². The number of nitrogens with zero attached hydrogens (tertiary/aromatic N) is 3. The molecule has 8 rings (SSSR count). The number of aromatic nitrogens is 2. The number of carboxylic acids is 1. The van der Waals surface area contributed by atoms with Crippen LogP contribution in [0.15, 0.2) is 72.8 Å². The number of fused-ring (bicyclic) bond motifs is 4. The summed E-state index contributed by atoms with van der Waals surface area (Å²) in [5.41, 5.74) is 5.51. The number of hydrogen-bond donors (Lipinski definition) is 3. The van der Waals surface area contributed by atoms with Crippen LogP contribution in [-0.4, -0.2) is 44.9 Å². The molecule has 0 radical (unpaired) electrons. The quantitative estimate of drug-likeness (QED) is 0.155. The van der Waals surface area contributed by atoms with Gasteiger partial charge in [0.05, 0.1) is 10.2 Å². The first-order chi connectivity index (χ1) is 25.1. The normalized spacial score (nSPS) is 22.4. The summed E-state index contributed by atoms with van der Waals surface area (Å²) in [6.07, 6.45) is 6.13. The number of para-hydroxylation sites is 1. The minimum atomic E-state index is -1.14. The lowest BCUT2D eigenvalue weighted by Crippen LogP contribution is -2.56. The van der Waals surface area contributed by atoms with Crippen molar-refractivity contribution in [3.05, 3.63) is 106 Å². The van der Waals surface area contributed by atoms with Crippen LogP contribution in [0.3, 0.4) is 0 Å². The van der Waals surface area contributed by atoms with E-state index in [4.69, 9.17) is 4.98 Å². The van der Waals surface area contributed by atoms with Gasteiger partial charge in [-0.3, -0.25) is 14.9 Å². The van der Waals surface area contributed by atoms with Crippen LogP contribution in [0.5, 0.6) is 0 Å². The molecule has 2 aliphatic carbocycles. The number of anilines is 2. The fraction of sp³-hybridized carbons (Fsp3) is 0.357. The van der Waals surface area contributed by atoms with Crippen LogP contribution in [-0.2, 0) is 13.0 Å². The number of pyridine rings is 1. The zero-order valence-corrected chi connectivity index (χ0v) is 30.6. The molecule has 2 atom stereocenters. The molecular formula is C42H43N5O4S. The minimum Gasteiger partial charge on any atom is -0.476 e. The second-order valence-corrected chi connectivity index (χ2v) is 16.3. The molecule has 3 aliphatic rings. The molecule has 2 saturated carbocycles. The molecule has 266 valence electrons. The van der Waals surface area contributed by atoms with Gasteiger partial charge in [0.25, 0.3) is 11.8 Å². The molecule has 3 N–H and O–H groups in total. The van der Waals surface area contributed by atoms with Gasteiger partial charge in [-0.15, -0.1) is 0 Å². The number of benzene rings is 3. The van der Waals surface area contributed by atoms with Crippen LogP contribution >= 0.6 is 11.3 Å². The van der Waals surface area contributed by atoms with E-state index in [0.717, 1.165) is 46.2 Å². The molecule has 2 aromatic heterocycles. The van der Waals surface area contributed by atoms with Crippen LogP contribution in [0.4, 0.5) is 10.9 Å². The molecular weight excluding hydrogens is 671 g/mol. The highest BCUT2D eigenvalue weighted by Gasteiger charge is 2.45. The molecule has 2 unspecified atom stereocenters. The van der Waals surface area contributed by atoms with Gasteiger partial charge < -0.3 is 15.3 Å². The lowest BCUT2D eigenvalue weighted by molar-refractivity contribution is 0.0476. The highest BCUT2D eigenvalue weighted by molar-refractivity contribution is 7.22. The minimum absolute atomic E-state index is 0.0746. The van der Waals surface area contributed by atoms with E-state index in [9.17, 15) is 19.5 Å². The Balaban J connectivity index is 1.05. The molecule has 52 heavy (non-hydrogen) atoms. The van der Waals surface area contributed by atoms with E-state index in [0.29, 0.717) is 70.5 Å². The number of thiazole rings is 1. The third-order valence-electron chi connectivity index (χ3n) is 11.3. The van der Waals surface area contributed by atoms with E-state index in [-0.39, 0.29) is 23.0 Å². The molecule has 10 heteroatoms. The number of aromatic carboxylic acids is 1. The lowest BCUT2D eigenvalue weighted by Gasteiger charge is -2.50. The monoisotopic (exact) mass is 713 g/mol. The SMILES string of the molecule is Cc1c(C(=O)NC23CC(C)CC(CC(C)C2)C3)cccc1-c1ccc(N2CCc3cccc(C(=O)Nc4nc5ccccc5s4)c3C2)nc1C(=O)O. The predicted octanol–water partition coefficient (Wildman–Crippen LogP) is 8.51. The number of carbonyl (C=O) groups excluding carboxylic acids is 2. The summed E-state index contributed by atoms with van der Waals surface area (Å²) in [5.74, 6) is 0.832. The Hall–Kier alpha value is -5.09. The Morgan fingerprint density at radius 3 is 2.37 bits per heavy atom. The maximum atomic E-state index is 13.9. The third-order valence-corrected chi connectivity index (χ3v) is 12.3. The Morgan fingerprint density at radius 1 is 0.846 bits per heavy atom. The topological polar surface area (TPSA) is 125 Å². The van der Waals surface area contributed by atoms with E-state index in [1.54, 1.807) is 6.07 Å². The van der Waals surface area contributed by atoms with Gasteiger partial charge in [-0.1, -0.05) is 61.6 Å². The van der Waals surface area contributed by atoms with Crippen molar-refractivity contribution in [1.82, 2.24) is 15.3 Å². The van der Waals surface area contributed by atoms with Crippen molar-refractivity contribution >= 4 is 50.3 Å². The van der Waals surface area contributed by atoms with Crippen LogP contribution in [0, 0.1) is 24.7 Å². The summed E-state index contributed by atoms with van der Waals surface area (Å²) >= 11 is 1.43. The van der Waals surface area contributed by atoms with Crippen LogP contribution in [0.1, 0.15) is 93.8 Å². The summed E-state index contributed by atoms with van der Waals surface area (Å²) in [6.45, 7) is 7.50. The molecule has 0 spiro atoms. The summed E-state index contributed by atoms with van der Waals surface area (Å²) in [6, 6.07) is 22.7. The molecule has 5 aromatic rings. The summed E-state index contributed by atoms with van der Waals surface area (Å²) in [5, 5.41) is 17.4. The number of nitrogens with one attached hydrogen (secondary N) is 2. The first-order valence-electron chi connectivity index (χ1n) is 18.3. The van der Waals surface area contributed by atoms with Gasteiger partial charge in [-0.05, 0) is 122 Å². The summed E-state index contributed by atoms with van der Waals surface area (Å²) < 4.78 is 0.999. The number of carbonyl (C=O) groups is 3. The summed E-state index contributed by atoms with van der Waals surface area (Å²) in [7, 11) is 0. The third kappa shape index (κ3) is 6.45. The molecule has 3 heterocycles. The van der Waals surface area contributed by atoms with Crippen molar-refractivity contribution in [3.8, 4) is 11.1 Å². The van der Waals surface area contributed by atoms with Gasteiger partial charge in [0, 0.05) is 35.3 Å². The van der Waals surface area contributed by atoms with Gasteiger partial charge in [-0.25, -0.2) is 14.8 Å². The van der Waals surface area contributed by atoms with E-state index in [1.165, 1.54) is 24.2 Å². The maximum Gasteiger partial charge on any atom is 0.355 e. The van der Waals surface area contributed by atoms with Gasteiger partial charge in [0.1, 0.15) is 5.82 Å². The molecule has 3 aromatic carbocycles. The summed E-state index contributed by atoms with van der Waals surface area (Å²) in [4.78, 5) is 51.6. The van der Waals surface area contributed by atoms with E-state index < -0.39 is 5.97 Å². The predicted molar refractivity (Wildman–Crippen MR) is 205 cm³/mol. The fourth-order valence-corrected chi connectivity index (χ4v) is 10.3. The molecule has 9 nitrogen and oxygen atoms in total. The van der Waals surface area contributed by atoms with Gasteiger partial charge in [-0.2, -0.15) is 0 Å². The number of amides is 2. The average molecular weight is 714 g/mol. The van der Waals surface area contributed by atoms with Gasteiger partial charge >= 0.3 is 5.97 Å². The fourth-order valence-electron chi connectivity index (χ4n) is 9.42. The standard InChI is InChI=1S/C42H43N5O4S/c1-24-18-27-19-25(2)21-42(20-24,22-27)46-39(49)30-10-7-9-29(26(30)3)31-14-15-36(44-37(31)40(50)51)47-17-16-28-8-6-11-32(33(28)23-47)38(48)45-41-43-34-12-4-5-13-35(34)52-41/h4-15,24-25,27H,16-23H2,1-3H3,(H,46,49)(H,50,51)(H,43,45,48). The zero-order valence-electron chi connectivity index (χ0n) is 29.7. The highest BCUT2D eigenvalue weighted by atomic mass is 32.1. The van der Waals surface area contributed by atoms with Crippen LogP contribution in [0.2, 0.25) is 0 Å². The Morgan fingerprint density at radius 2 is 1.60 bits per heavy atom. The Bertz CT molecular complexity index is 2180. The van der Waals surface area contributed by atoms with Crippen molar-refractivity contribution < 1.29 is 19.5 Å². The van der Waals surface area contributed by atoms with E-state index in [1.807, 2.05) is 78.6 Å². The lowest BCUT2D eigenvalue weighted by atomic mass is 9.61. The number of rotatable bonds is 7. The number of hydrogen-bond acceptors (Lipinski definition) is 7. The smallest absolute Gasteiger partial charge is 0.355 e. The number of carboxylic acid groups (broad SMARTS) is 1. The van der Waals surface area contributed by atoms with E-state index in [2.05, 4.69) is 29.5 Å². The van der Waals surface area contributed by atoms with Crippen LogP contribution < -0.4 is 15.5 Å². The van der Waals surface area contributed by atoms with Crippen molar-refractivity contribution in [3.63, 3.8) is 0 Å². The first-order valence-corrected chi connectivity index (χ1v) is 19.1. The second-order valence-electron chi connectivity index (χ2n) is 15.3. The Kier molecular flexibility index (Phi) is 8.81. The molecule has 2 fully saturated rings.